The Morgan fingerprint density at radius 1 is 1.35 bits per heavy atom. The fourth-order valence-electron chi connectivity index (χ4n) is 2.69. The van der Waals surface area contributed by atoms with Gasteiger partial charge in [0.15, 0.2) is 0 Å². The van der Waals surface area contributed by atoms with E-state index in [2.05, 4.69) is 10.3 Å². The average molecular weight is 275 g/mol. The Bertz CT molecular complexity index is 489. The van der Waals surface area contributed by atoms with E-state index in [1.54, 1.807) is 17.3 Å². The Balaban J connectivity index is 2.33. The van der Waals surface area contributed by atoms with Gasteiger partial charge in [-0.2, -0.15) is 0 Å². The second-order valence-electron chi connectivity index (χ2n) is 5.10. The third kappa shape index (κ3) is 2.53. The van der Waals surface area contributed by atoms with Gasteiger partial charge in [-0.1, -0.05) is 19.9 Å². The maximum absolute atomic E-state index is 12.6. The number of piperazine rings is 1. The lowest BCUT2D eigenvalue weighted by atomic mass is 9.98. The summed E-state index contributed by atoms with van der Waals surface area (Å²) in [6, 6.07) is 2.81. The molecule has 1 saturated heterocycles. The predicted molar refractivity (Wildman–Crippen MR) is 75.8 cm³/mol. The Morgan fingerprint density at radius 3 is 2.65 bits per heavy atom. The standard InChI is InChI=1S/C15H21N3O2/c1-4-12-15(20)18(13(5-2)14(19)17-12)10(3)11-7-6-8-16-9-11/h6-10,12-13H,4-5H2,1-3H3,(H,17,19). The molecule has 1 N–H and O–H groups in total. The van der Waals surface area contributed by atoms with Crippen LogP contribution >= 0.6 is 0 Å². The van der Waals surface area contributed by atoms with Crippen LogP contribution in [0.15, 0.2) is 24.5 Å². The van der Waals surface area contributed by atoms with E-state index in [-0.39, 0.29) is 17.9 Å². The molecule has 0 saturated carbocycles. The molecule has 2 amide bonds. The fraction of sp³-hybridized carbons (Fsp3) is 0.533. The van der Waals surface area contributed by atoms with E-state index in [1.807, 2.05) is 32.9 Å². The lowest BCUT2D eigenvalue weighted by molar-refractivity contribution is -0.152. The summed E-state index contributed by atoms with van der Waals surface area (Å²) < 4.78 is 0. The van der Waals surface area contributed by atoms with E-state index in [1.165, 1.54) is 0 Å². The van der Waals surface area contributed by atoms with Crippen LogP contribution < -0.4 is 5.32 Å². The molecule has 0 aliphatic carbocycles. The molecule has 1 aromatic heterocycles. The van der Waals surface area contributed by atoms with Crippen LogP contribution in [-0.2, 0) is 9.59 Å². The van der Waals surface area contributed by atoms with Crippen molar-refractivity contribution in [2.24, 2.45) is 0 Å². The van der Waals surface area contributed by atoms with Crippen molar-refractivity contribution in [1.29, 1.82) is 0 Å². The number of hydrogen-bond acceptors (Lipinski definition) is 3. The summed E-state index contributed by atoms with van der Waals surface area (Å²) in [5.41, 5.74) is 0.948. The lowest BCUT2D eigenvalue weighted by Gasteiger charge is -2.42. The summed E-state index contributed by atoms with van der Waals surface area (Å²) in [5.74, 6) is -0.0648. The molecule has 0 aromatic carbocycles. The smallest absolute Gasteiger partial charge is 0.246 e. The van der Waals surface area contributed by atoms with E-state index < -0.39 is 12.1 Å². The number of pyridine rings is 1. The van der Waals surface area contributed by atoms with Crippen LogP contribution in [0.4, 0.5) is 0 Å². The van der Waals surface area contributed by atoms with Crippen molar-refractivity contribution < 1.29 is 9.59 Å². The summed E-state index contributed by atoms with van der Waals surface area (Å²) in [7, 11) is 0. The van der Waals surface area contributed by atoms with Gasteiger partial charge in [0.05, 0.1) is 6.04 Å². The molecule has 3 atom stereocenters. The van der Waals surface area contributed by atoms with Crippen molar-refractivity contribution in [3.63, 3.8) is 0 Å². The van der Waals surface area contributed by atoms with E-state index in [4.69, 9.17) is 0 Å². The van der Waals surface area contributed by atoms with Gasteiger partial charge in [-0.25, -0.2) is 0 Å². The molecule has 1 aromatic rings. The van der Waals surface area contributed by atoms with Gasteiger partial charge >= 0.3 is 0 Å². The van der Waals surface area contributed by atoms with Crippen LogP contribution in [0.1, 0.15) is 45.2 Å². The van der Waals surface area contributed by atoms with Gasteiger partial charge in [0.2, 0.25) is 11.8 Å². The summed E-state index contributed by atoms with van der Waals surface area (Å²) >= 11 is 0. The van der Waals surface area contributed by atoms with Crippen molar-refractivity contribution in [3.05, 3.63) is 30.1 Å². The van der Waals surface area contributed by atoms with Crippen LogP contribution in [-0.4, -0.2) is 33.8 Å². The molecule has 2 heterocycles. The van der Waals surface area contributed by atoms with E-state index in [9.17, 15) is 9.59 Å². The largest absolute Gasteiger partial charge is 0.343 e. The summed E-state index contributed by atoms with van der Waals surface area (Å²) in [6.45, 7) is 5.78. The number of hydrogen-bond donors (Lipinski definition) is 1. The van der Waals surface area contributed by atoms with Crippen molar-refractivity contribution in [2.45, 2.75) is 51.7 Å². The summed E-state index contributed by atoms with van der Waals surface area (Å²) in [5, 5.41) is 2.81. The molecular weight excluding hydrogens is 254 g/mol. The molecule has 1 fully saturated rings. The molecule has 20 heavy (non-hydrogen) atoms. The van der Waals surface area contributed by atoms with E-state index >= 15 is 0 Å². The minimum Gasteiger partial charge on any atom is -0.343 e. The van der Waals surface area contributed by atoms with Gasteiger partial charge in [0, 0.05) is 12.4 Å². The molecule has 5 nitrogen and oxygen atoms in total. The molecule has 2 rings (SSSR count). The zero-order chi connectivity index (χ0) is 14.7. The molecule has 0 spiro atoms. The molecular formula is C15H21N3O2. The molecule has 3 unspecified atom stereocenters. The Kier molecular flexibility index (Phi) is 4.37. The molecule has 5 heteroatoms. The van der Waals surface area contributed by atoms with Crippen LogP contribution in [0.3, 0.4) is 0 Å². The molecule has 1 aliphatic rings. The minimum absolute atomic E-state index is 0.00435. The maximum atomic E-state index is 12.6. The van der Waals surface area contributed by atoms with Crippen molar-refractivity contribution in [2.75, 3.05) is 0 Å². The monoisotopic (exact) mass is 275 g/mol. The molecule has 1 aliphatic heterocycles. The highest BCUT2D eigenvalue weighted by Gasteiger charge is 2.41. The zero-order valence-electron chi connectivity index (χ0n) is 12.2. The second kappa shape index (κ2) is 6.03. The quantitative estimate of drug-likeness (QED) is 0.909. The topological polar surface area (TPSA) is 62.3 Å². The normalized spacial score (nSPS) is 24.4. The van der Waals surface area contributed by atoms with Gasteiger partial charge in [-0.15, -0.1) is 0 Å². The van der Waals surface area contributed by atoms with Crippen molar-refractivity contribution >= 4 is 11.8 Å². The fourth-order valence-corrected chi connectivity index (χ4v) is 2.69. The van der Waals surface area contributed by atoms with E-state index in [0.29, 0.717) is 12.8 Å². The van der Waals surface area contributed by atoms with Gasteiger partial charge in [0.1, 0.15) is 12.1 Å². The van der Waals surface area contributed by atoms with Crippen molar-refractivity contribution in [1.82, 2.24) is 15.2 Å². The van der Waals surface area contributed by atoms with E-state index in [0.717, 1.165) is 5.56 Å². The Labute approximate surface area is 119 Å². The highest BCUT2D eigenvalue weighted by atomic mass is 16.2. The number of aromatic nitrogens is 1. The number of amides is 2. The van der Waals surface area contributed by atoms with Crippen LogP contribution in [0.2, 0.25) is 0 Å². The van der Waals surface area contributed by atoms with Crippen molar-refractivity contribution in [3.8, 4) is 0 Å². The number of carbonyl (C=O) groups excluding carboxylic acids is 2. The zero-order valence-corrected chi connectivity index (χ0v) is 12.2. The summed E-state index contributed by atoms with van der Waals surface area (Å²) in [4.78, 5) is 30.6. The molecule has 0 bridgehead atoms. The Hall–Kier alpha value is -1.91. The number of nitrogens with zero attached hydrogens (tertiary/aromatic N) is 2. The Morgan fingerprint density at radius 2 is 2.10 bits per heavy atom. The first-order chi connectivity index (χ1) is 9.60. The van der Waals surface area contributed by atoms with Gasteiger partial charge in [-0.3, -0.25) is 14.6 Å². The summed E-state index contributed by atoms with van der Waals surface area (Å²) in [6.07, 6.45) is 4.67. The SMILES string of the molecule is CCC1NC(=O)C(CC)N(C(C)c2cccnc2)C1=O. The number of nitrogens with one attached hydrogen (secondary N) is 1. The average Bonchev–Trinajstić information content (AvgIpc) is 2.48. The number of carbonyl (C=O) groups is 2. The third-order valence-electron chi connectivity index (χ3n) is 3.89. The molecule has 0 radical (unpaired) electrons. The first kappa shape index (κ1) is 14.5. The minimum atomic E-state index is -0.413. The van der Waals surface area contributed by atoms with Crippen LogP contribution in [0, 0.1) is 0 Å². The predicted octanol–water partition coefficient (Wildman–Crippen LogP) is 1.66. The van der Waals surface area contributed by atoms with Gasteiger partial charge in [-0.05, 0) is 31.4 Å². The highest BCUT2D eigenvalue weighted by Crippen LogP contribution is 2.27. The maximum Gasteiger partial charge on any atom is 0.246 e. The second-order valence-corrected chi connectivity index (χ2v) is 5.10. The first-order valence-corrected chi connectivity index (χ1v) is 7.12. The first-order valence-electron chi connectivity index (χ1n) is 7.12. The third-order valence-corrected chi connectivity index (χ3v) is 3.89. The van der Waals surface area contributed by atoms with Gasteiger partial charge < -0.3 is 10.2 Å². The molecule has 108 valence electrons. The number of rotatable bonds is 4. The lowest BCUT2D eigenvalue weighted by Crippen LogP contribution is -2.63. The van der Waals surface area contributed by atoms with Gasteiger partial charge in [0.25, 0.3) is 0 Å². The van der Waals surface area contributed by atoms with Crippen LogP contribution in [0.5, 0.6) is 0 Å². The highest BCUT2D eigenvalue weighted by molar-refractivity contribution is 5.97. The van der Waals surface area contributed by atoms with Crippen LogP contribution in [0.25, 0.3) is 0 Å².